The first kappa shape index (κ1) is 13.7. The molecule has 0 radical (unpaired) electrons. The SMILES string of the molecule is CO[C@]12CC(=O)C[C@]13C=CC[C@H]1[C@H]4[C@@H](C[C@@H](O2)[C@@]13O)C4(C)C. The number of hydrogen-bond acceptors (Lipinski definition) is 4. The van der Waals surface area contributed by atoms with E-state index in [2.05, 4.69) is 19.9 Å². The summed E-state index contributed by atoms with van der Waals surface area (Å²) < 4.78 is 12.1. The molecule has 0 amide bonds. The molecular weight excluding hydrogens is 280 g/mol. The summed E-state index contributed by atoms with van der Waals surface area (Å²) in [6, 6.07) is 0. The van der Waals surface area contributed by atoms with Gasteiger partial charge < -0.3 is 14.6 Å². The molecule has 5 rings (SSSR count). The van der Waals surface area contributed by atoms with Crippen LogP contribution in [-0.2, 0) is 14.3 Å². The first-order valence-corrected chi connectivity index (χ1v) is 8.47. The molecular formula is C18H24O4. The third-order valence-corrected chi connectivity index (χ3v) is 7.85. The second kappa shape index (κ2) is 3.52. The lowest BCUT2D eigenvalue weighted by atomic mass is 9.55. The van der Waals surface area contributed by atoms with E-state index in [0.717, 1.165) is 12.8 Å². The van der Waals surface area contributed by atoms with Crippen LogP contribution in [0.15, 0.2) is 12.2 Å². The van der Waals surface area contributed by atoms with Crippen LogP contribution in [0.5, 0.6) is 0 Å². The van der Waals surface area contributed by atoms with E-state index in [1.54, 1.807) is 7.11 Å². The van der Waals surface area contributed by atoms with Gasteiger partial charge >= 0.3 is 0 Å². The minimum Gasteiger partial charge on any atom is -0.386 e. The highest BCUT2D eigenvalue weighted by Crippen LogP contribution is 2.77. The van der Waals surface area contributed by atoms with E-state index in [4.69, 9.17) is 9.47 Å². The molecule has 0 aromatic rings. The van der Waals surface area contributed by atoms with Gasteiger partial charge in [-0.1, -0.05) is 26.0 Å². The van der Waals surface area contributed by atoms with E-state index in [1.807, 2.05) is 6.08 Å². The summed E-state index contributed by atoms with van der Waals surface area (Å²) >= 11 is 0. The largest absolute Gasteiger partial charge is 0.386 e. The monoisotopic (exact) mass is 304 g/mol. The van der Waals surface area contributed by atoms with E-state index in [-0.39, 0.29) is 29.6 Å². The molecule has 3 saturated carbocycles. The zero-order valence-corrected chi connectivity index (χ0v) is 13.5. The highest BCUT2D eigenvalue weighted by Gasteiger charge is 2.84. The van der Waals surface area contributed by atoms with Gasteiger partial charge in [0.05, 0.1) is 17.9 Å². The second-order valence-electron chi connectivity index (χ2n) is 8.69. The Balaban J connectivity index is 1.71. The fourth-order valence-electron chi connectivity index (χ4n) is 6.83. The molecule has 1 heterocycles. The Labute approximate surface area is 130 Å². The predicted octanol–water partition coefficient (Wildman–Crippen LogP) is 2.06. The number of carbonyl (C=O) groups is 1. The number of ether oxygens (including phenoxy) is 2. The molecule has 4 aliphatic carbocycles. The third kappa shape index (κ3) is 1.11. The molecule has 1 aliphatic heterocycles. The number of carbonyl (C=O) groups excluding carboxylic acids is 1. The average molecular weight is 304 g/mol. The average Bonchev–Trinajstić information content (AvgIpc) is 2.76. The molecule has 0 aromatic heterocycles. The van der Waals surface area contributed by atoms with Crippen molar-refractivity contribution in [3.05, 3.63) is 12.2 Å². The Morgan fingerprint density at radius 1 is 1.32 bits per heavy atom. The van der Waals surface area contributed by atoms with Crippen LogP contribution in [0.4, 0.5) is 0 Å². The molecule has 22 heavy (non-hydrogen) atoms. The van der Waals surface area contributed by atoms with Crippen molar-refractivity contribution in [1.82, 2.24) is 0 Å². The fraction of sp³-hybridized carbons (Fsp3) is 0.833. The standard InChI is InChI=1S/C18H24O4/c1-15(2)12-7-13-18(20)11(14(12)15)5-4-6-16(18)8-10(19)9-17(16,21-3)22-13/h4,6,11-14,20H,5,7-9H2,1-3H3/t11-,12+,13+,14-,16+,17-,18-/m0/s1. The summed E-state index contributed by atoms with van der Waals surface area (Å²) in [7, 11) is 1.61. The summed E-state index contributed by atoms with van der Waals surface area (Å²) in [6.07, 6.45) is 6.38. The van der Waals surface area contributed by atoms with Crippen LogP contribution in [-0.4, -0.2) is 35.5 Å². The van der Waals surface area contributed by atoms with Crippen molar-refractivity contribution in [2.45, 2.75) is 57.0 Å². The van der Waals surface area contributed by atoms with Crippen LogP contribution in [0.3, 0.4) is 0 Å². The van der Waals surface area contributed by atoms with Crippen LogP contribution in [0.2, 0.25) is 0 Å². The highest BCUT2D eigenvalue weighted by atomic mass is 16.7. The molecule has 4 heteroatoms. The summed E-state index contributed by atoms with van der Waals surface area (Å²) in [5.74, 6) is 0.507. The lowest BCUT2D eigenvalue weighted by Crippen LogP contribution is -2.62. The van der Waals surface area contributed by atoms with Crippen molar-refractivity contribution in [1.29, 1.82) is 0 Å². The molecule has 1 spiro atoms. The predicted molar refractivity (Wildman–Crippen MR) is 78.9 cm³/mol. The minimum absolute atomic E-state index is 0.135. The van der Waals surface area contributed by atoms with Crippen LogP contribution < -0.4 is 0 Å². The van der Waals surface area contributed by atoms with Crippen molar-refractivity contribution in [2.24, 2.45) is 28.6 Å². The topological polar surface area (TPSA) is 55.8 Å². The smallest absolute Gasteiger partial charge is 0.187 e. The summed E-state index contributed by atoms with van der Waals surface area (Å²) in [6.45, 7) is 4.61. The number of Topliss-reactive ketones (excluding diaryl/α,β-unsaturated/α-hetero) is 1. The van der Waals surface area contributed by atoms with Gasteiger partial charge in [-0.2, -0.15) is 0 Å². The normalized spacial score (nSPS) is 59.9. The van der Waals surface area contributed by atoms with E-state index < -0.39 is 16.8 Å². The van der Waals surface area contributed by atoms with Crippen LogP contribution in [0.1, 0.15) is 39.5 Å². The Morgan fingerprint density at radius 3 is 2.82 bits per heavy atom. The molecule has 120 valence electrons. The zero-order valence-electron chi connectivity index (χ0n) is 13.5. The van der Waals surface area contributed by atoms with Crippen molar-refractivity contribution in [3.8, 4) is 0 Å². The lowest BCUT2D eigenvalue weighted by Gasteiger charge is -2.51. The van der Waals surface area contributed by atoms with Gasteiger partial charge in [-0.3, -0.25) is 4.79 Å². The number of methoxy groups -OCH3 is 1. The first-order valence-electron chi connectivity index (χ1n) is 8.47. The Morgan fingerprint density at radius 2 is 2.09 bits per heavy atom. The van der Waals surface area contributed by atoms with Gasteiger partial charge in [-0.25, -0.2) is 0 Å². The quantitative estimate of drug-likeness (QED) is 0.753. The van der Waals surface area contributed by atoms with Gasteiger partial charge in [0.1, 0.15) is 11.4 Å². The van der Waals surface area contributed by atoms with Crippen molar-refractivity contribution in [3.63, 3.8) is 0 Å². The van der Waals surface area contributed by atoms with Gasteiger partial charge in [0.15, 0.2) is 5.79 Å². The number of allylic oxidation sites excluding steroid dienone is 1. The molecule has 5 aliphatic rings. The lowest BCUT2D eigenvalue weighted by molar-refractivity contribution is -0.236. The van der Waals surface area contributed by atoms with Crippen LogP contribution >= 0.6 is 0 Å². The van der Waals surface area contributed by atoms with Crippen molar-refractivity contribution in [2.75, 3.05) is 7.11 Å². The Kier molecular flexibility index (Phi) is 2.19. The second-order valence-corrected chi connectivity index (χ2v) is 8.69. The van der Waals surface area contributed by atoms with Gasteiger partial charge in [-0.15, -0.1) is 0 Å². The maximum Gasteiger partial charge on any atom is 0.187 e. The van der Waals surface area contributed by atoms with E-state index in [9.17, 15) is 9.90 Å². The Bertz CT molecular complexity index is 610. The van der Waals surface area contributed by atoms with Crippen LogP contribution in [0, 0.1) is 28.6 Å². The van der Waals surface area contributed by atoms with E-state index in [1.165, 1.54) is 0 Å². The van der Waals surface area contributed by atoms with E-state index >= 15 is 0 Å². The van der Waals surface area contributed by atoms with Crippen LogP contribution in [0.25, 0.3) is 0 Å². The van der Waals surface area contributed by atoms with Crippen molar-refractivity contribution < 1.29 is 19.4 Å². The molecule has 7 atom stereocenters. The number of hydrogen-bond donors (Lipinski definition) is 1. The number of ketones is 1. The third-order valence-electron chi connectivity index (χ3n) is 7.85. The van der Waals surface area contributed by atoms with Crippen molar-refractivity contribution >= 4 is 5.78 Å². The zero-order chi connectivity index (χ0) is 15.5. The first-order chi connectivity index (χ1) is 10.3. The molecule has 1 saturated heterocycles. The maximum atomic E-state index is 12.2. The molecule has 4 nitrogen and oxygen atoms in total. The molecule has 1 N–H and O–H groups in total. The van der Waals surface area contributed by atoms with Gasteiger partial charge in [0, 0.05) is 13.5 Å². The van der Waals surface area contributed by atoms with Gasteiger partial charge in [-0.05, 0) is 36.0 Å². The Hall–Kier alpha value is -0.710. The summed E-state index contributed by atoms with van der Waals surface area (Å²) in [4.78, 5) is 12.2. The summed E-state index contributed by atoms with van der Waals surface area (Å²) in [5.41, 5.74) is -1.37. The number of rotatable bonds is 1. The van der Waals surface area contributed by atoms with Gasteiger partial charge in [0.25, 0.3) is 0 Å². The molecule has 4 fully saturated rings. The number of aliphatic hydroxyl groups is 1. The maximum absolute atomic E-state index is 12.2. The number of fused-ring (bicyclic) bond motifs is 2. The van der Waals surface area contributed by atoms with E-state index in [0.29, 0.717) is 18.3 Å². The highest BCUT2D eigenvalue weighted by molar-refractivity contribution is 5.85. The molecule has 0 bridgehead atoms. The fourth-order valence-corrected chi connectivity index (χ4v) is 6.83. The molecule has 0 unspecified atom stereocenters. The molecule has 0 aromatic carbocycles. The summed E-state index contributed by atoms with van der Waals surface area (Å²) in [5, 5.41) is 11.9. The minimum atomic E-state index is -0.959. The van der Waals surface area contributed by atoms with Gasteiger partial charge in [0.2, 0.25) is 0 Å².